The van der Waals surface area contributed by atoms with Crippen molar-refractivity contribution in [1.82, 2.24) is 15.1 Å². The lowest BCUT2D eigenvalue weighted by molar-refractivity contribution is 0.185. The summed E-state index contributed by atoms with van der Waals surface area (Å²) in [4.78, 5) is 17.3. The van der Waals surface area contributed by atoms with E-state index in [1.807, 2.05) is 18.2 Å². The van der Waals surface area contributed by atoms with Crippen molar-refractivity contribution in [3.05, 3.63) is 65.2 Å². The van der Waals surface area contributed by atoms with Gasteiger partial charge in [-0.3, -0.25) is 4.90 Å². The second-order valence-corrected chi connectivity index (χ2v) is 8.82. The van der Waals surface area contributed by atoms with Crippen LogP contribution < -0.4 is 10.6 Å². The van der Waals surface area contributed by atoms with Gasteiger partial charge in [0.15, 0.2) is 0 Å². The summed E-state index contributed by atoms with van der Waals surface area (Å²) < 4.78 is 0. The van der Waals surface area contributed by atoms with Crippen LogP contribution >= 0.6 is 0 Å². The number of hydrogen-bond acceptors (Lipinski definition) is 3. The summed E-state index contributed by atoms with van der Waals surface area (Å²) in [7, 11) is 4.32. The van der Waals surface area contributed by atoms with E-state index in [9.17, 15) is 4.79 Å². The minimum absolute atomic E-state index is 0.163. The van der Waals surface area contributed by atoms with Crippen LogP contribution in [0, 0.1) is 0 Å². The zero-order valence-corrected chi connectivity index (χ0v) is 19.4. The molecule has 1 saturated carbocycles. The quantitative estimate of drug-likeness (QED) is 0.582. The predicted octanol–water partition coefficient (Wildman–Crippen LogP) is 5.22. The number of nitrogens with one attached hydrogen (secondary N) is 2. The molecule has 2 aromatic carbocycles. The maximum Gasteiger partial charge on any atom is 0.319 e. The van der Waals surface area contributed by atoms with Crippen LogP contribution in [-0.2, 0) is 19.6 Å². The molecule has 0 aliphatic heterocycles. The largest absolute Gasteiger partial charge is 0.334 e. The molecule has 2 amide bonds. The van der Waals surface area contributed by atoms with E-state index in [4.69, 9.17) is 0 Å². The lowest BCUT2D eigenvalue weighted by Gasteiger charge is -2.31. The Balaban J connectivity index is 1.54. The van der Waals surface area contributed by atoms with Crippen LogP contribution in [0.5, 0.6) is 0 Å². The highest BCUT2D eigenvalue weighted by atomic mass is 16.2. The Bertz CT molecular complexity index is 832. The smallest absolute Gasteiger partial charge is 0.319 e. The fourth-order valence-electron chi connectivity index (χ4n) is 4.31. The van der Waals surface area contributed by atoms with Crippen molar-refractivity contribution < 1.29 is 4.79 Å². The zero-order chi connectivity index (χ0) is 22.1. The third kappa shape index (κ3) is 7.37. The Labute approximate surface area is 187 Å². The van der Waals surface area contributed by atoms with Gasteiger partial charge in [0.2, 0.25) is 0 Å². The molecule has 5 heteroatoms. The van der Waals surface area contributed by atoms with E-state index in [1.54, 1.807) is 0 Å². The molecule has 5 nitrogen and oxygen atoms in total. The minimum atomic E-state index is -0.163. The number of anilines is 1. The molecule has 0 bridgehead atoms. The summed E-state index contributed by atoms with van der Waals surface area (Å²) in [6.45, 7) is 5.45. The minimum Gasteiger partial charge on any atom is -0.334 e. The molecule has 0 heterocycles. The van der Waals surface area contributed by atoms with E-state index in [1.165, 1.54) is 37.7 Å². The highest BCUT2D eigenvalue weighted by Crippen LogP contribution is 2.24. The standard InChI is InChI=1S/C26H38N4O/c1-4-29(2)19-22-12-10-11-21(17-22)18-27-26(31)28-25-16-9-8-13-23(25)20-30(3)24-14-6-5-7-15-24/h8-13,16-17,24H,4-7,14-15,18-20H2,1-3H3,(H2,27,28,31). The lowest BCUT2D eigenvalue weighted by atomic mass is 9.94. The van der Waals surface area contributed by atoms with Crippen LogP contribution in [-0.4, -0.2) is 42.5 Å². The summed E-state index contributed by atoms with van der Waals surface area (Å²) in [5.74, 6) is 0. The summed E-state index contributed by atoms with van der Waals surface area (Å²) in [6.07, 6.45) is 6.57. The van der Waals surface area contributed by atoms with Gasteiger partial charge in [-0.1, -0.05) is 68.7 Å². The highest BCUT2D eigenvalue weighted by molar-refractivity contribution is 5.90. The normalized spacial score (nSPS) is 14.7. The van der Waals surface area contributed by atoms with Crippen molar-refractivity contribution in [3.63, 3.8) is 0 Å². The summed E-state index contributed by atoms with van der Waals surface area (Å²) >= 11 is 0. The molecule has 0 unspecified atom stereocenters. The van der Waals surface area contributed by atoms with E-state index < -0.39 is 0 Å². The van der Waals surface area contributed by atoms with Crippen molar-refractivity contribution in [2.24, 2.45) is 0 Å². The van der Waals surface area contributed by atoms with Crippen LogP contribution in [0.25, 0.3) is 0 Å². The van der Waals surface area contributed by atoms with Gasteiger partial charge in [0.1, 0.15) is 0 Å². The summed E-state index contributed by atoms with van der Waals surface area (Å²) in [6, 6.07) is 17.0. The van der Waals surface area contributed by atoms with Crippen molar-refractivity contribution in [2.75, 3.05) is 26.0 Å². The predicted molar refractivity (Wildman–Crippen MR) is 129 cm³/mol. The SMILES string of the molecule is CCN(C)Cc1cccc(CNC(=O)Nc2ccccc2CN(C)C2CCCCC2)c1. The summed E-state index contributed by atoms with van der Waals surface area (Å²) in [5, 5.41) is 6.07. The van der Waals surface area contributed by atoms with Crippen LogP contribution in [0.3, 0.4) is 0 Å². The first-order valence-corrected chi connectivity index (χ1v) is 11.6. The molecule has 1 fully saturated rings. The topological polar surface area (TPSA) is 47.6 Å². The first kappa shape index (κ1) is 23.3. The number of hydrogen-bond donors (Lipinski definition) is 2. The molecule has 0 atom stereocenters. The molecular weight excluding hydrogens is 384 g/mol. The Morgan fingerprint density at radius 1 is 0.968 bits per heavy atom. The van der Waals surface area contributed by atoms with E-state index in [0.29, 0.717) is 12.6 Å². The average molecular weight is 423 g/mol. The number of benzene rings is 2. The fourth-order valence-corrected chi connectivity index (χ4v) is 4.31. The number of para-hydroxylation sites is 1. The fraction of sp³-hybridized carbons (Fsp3) is 0.500. The first-order valence-electron chi connectivity index (χ1n) is 11.6. The number of amides is 2. The van der Waals surface area contributed by atoms with E-state index >= 15 is 0 Å². The van der Waals surface area contributed by atoms with Gasteiger partial charge in [0, 0.05) is 31.4 Å². The number of carbonyl (C=O) groups excluding carboxylic acids is 1. The number of urea groups is 1. The van der Waals surface area contributed by atoms with E-state index in [2.05, 4.69) is 71.8 Å². The van der Waals surface area contributed by atoms with Crippen LogP contribution in [0.4, 0.5) is 10.5 Å². The second-order valence-electron chi connectivity index (χ2n) is 8.82. The van der Waals surface area contributed by atoms with Gasteiger partial charge in [-0.25, -0.2) is 4.79 Å². The lowest BCUT2D eigenvalue weighted by Crippen LogP contribution is -2.33. The summed E-state index contributed by atoms with van der Waals surface area (Å²) in [5.41, 5.74) is 4.43. The van der Waals surface area contributed by atoms with Gasteiger partial charge in [-0.2, -0.15) is 0 Å². The molecular formula is C26H38N4O. The molecule has 1 aliphatic carbocycles. The molecule has 2 N–H and O–H groups in total. The monoisotopic (exact) mass is 422 g/mol. The molecule has 0 radical (unpaired) electrons. The third-order valence-electron chi connectivity index (χ3n) is 6.32. The molecule has 0 aromatic heterocycles. The van der Waals surface area contributed by atoms with Crippen LogP contribution in [0.15, 0.2) is 48.5 Å². The number of nitrogens with zero attached hydrogens (tertiary/aromatic N) is 2. The zero-order valence-electron chi connectivity index (χ0n) is 19.4. The van der Waals surface area contributed by atoms with Gasteiger partial charge in [0.25, 0.3) is 0 Å². The first-order chi connectivity index (χ1) is 15.0. The highest BCUT2D eigenvalue weighted by Gasteiger charge is 2.19. The van der Waals surface area contributed by atoms with Gasteiger partial charge in [-0.15, -0.1) is 0 Å². The Morgan fingerprint density at radius 3 is 2.48 bits per heavy atom. The Morgan fingerprint density at radius 2 is 1.71 bits per heavy atom. The van der Waals surface area contributed by atoms with Gasteiger partial charge < -0.3 is 15.5 Å². The third-order valence-corrected chi connectivity index (χ3v) is 6.32. The van der Waals surface area contributed by atoms with Gasteiger partial charge in [-0.05, 0) is 56.2 Å². The number of rotatable bonds is 9. The molecule has 168 valence electrons. The second kappa shape index (κ2) is 11.9. The maximum atomic E-state index is 12.6. The average Bonchev–Trinajstić information content (AvgIpc) is 2.79. The van der Waals surface area contributed by atoms with Crippen LogP contribution in [0.1, 0.15) is 55.7 Å². The molecule has 1 aliphatic rings. The molecule has 2 aromatic rings. The van der Waals surface area contributed by atoms with Crippen LogP contribution in [0.2, 0.25) is 0 Å². The van der Waals surface area contributed by atoms with E-state index in [0.717, 1.165) is 36.4 Å². The van der Waals surface area contributed by atoms with Gasteiger partial charge >= 0.3 is 6.03 Å². The van der Waals surface area contributed by atoms with Crippen molar-refractivity contribution in [2.45, 2.75) is 64.7 Å². The van der Waals surface area contributed by atoms with Crippen molar-refractivity contribution >= 4 is 11.7 Å². The number of carbonyl (C=O) groups is 1. The van der Waals surface area contributed by atoms with Gasteiger partial charge in [0.05, 0.1) is 0 Å². The van der Waals surface area contributed by atoms with E-state index in [-0.39, 0.29) is 6.03 Å². The Hall–Kier alpha value is -2.37. The molecule has 31 heavy (non-hydrogen) atoms. The van der Waals surface area contributed by atoms with Crippen molar-refractivity contribution in [1.29, 1.82) is 0 Å². The molecule has 0 spiro atoms. The van der Waals surface area contributed by atoms with Crippen molar-refractivity contribution in [3.8, 4) is 0 Å². The Kier molecular flexibility index (Phi) is 8.92. The maximum absolute atomic E-state index is 12.6. The molecule has 3 rings (SSSR count). The molecule has 0 saturated heterocycles.